The van der Waals surface area contributed by atoms with Gasteiger partial charge in [-0.15, -0.1) is 11.6 Å². The molecule has 1 atom stereocenters. The fraction of sp³-hybridized carbons (Fsp3) is 0.200. The van der Waals surface area contributed by atoms with Gasteiger partial charge in [-0.1, -0.05) is 35.9 Å². The maximum absolute atomic E-state index is 13.1. The van der Waals surface area contributed by atoms with E-state index in [0.29, 0.717) is 11.4 Å². The minimum atomic E-state index is -0.250. The highest BCUT2D eigenvalue weighted by molar-refractivity contribution is 6.32. The smallest absolute Gasteiger partial charge is 0.123 e. The fourth-order valence-corrected chi connectivity index (χ4v) is 2.66. The average molecular weight is 283 g/mol. The van der Waals surface area contributed by atoms with E-state index >= 15 is 0 Å². The van der Waals surface area contributed by atoms with E-state index in [0.717, 1.165) is 16.7 Å². The number of halogens is 3. The third-order valence-electron chi connectivity index (χ3n) is 2.80. The summed E-state index contributed by atoms with van der Waals surface area (Å²) in [6, 6.07) is 12.3. The van der Waals surface area contributed by atoms with Crippen LogP contribution in [0.5, 0.6) is 0 Å². The monoisotopic (exact) mass is 282 g/mol. The Bertz CT molecular complexity index is 552. The minimum Gasteiger partial charge on any atom is -0.207 e. The van der Waals surface area contributed by atoms with Crippen LogP contribution in [0.3, 0.4) is 0 Å². The molecule has 0 nitrogen and oxygen atoms in total. The van der Waals surface area contributed by atoms with Gasteiger partial charge in [-0.25, -0.2) is 4.39 Å². The zero-order chi connectivity index (χ0) is 13.1. The van der Waals surface area contributed by atoms with Gasteiger partial charge in [-0.2, -0.15) is 0 Å². The van der Waals surface area contributed by atoms with Gasteiger partial charge in [0.15, 0.2) is 0 Å². The van der Waals surface area contributed by atoms with Crippen molar-refractivity contribution in [3.63, 3.8) is 0 Å². The standard InChI is InChI=1S/C15H13Cl2F/c1-10-5-6-13(14(16)7-10)15(17)9-11-3-2-4-12(18)8-11/h2-8,15H,9H2,1H3. The van der Waals surface area contributed by atoms with E-state index < -0.39 is 0 Å². The highest BCUT2D eigenvalue weighted by Gasteiger charge is 2.13. The van der Waals surface area contributed by atoms with E-state index in [-0.39, 0.29) is 11.2 Å². The van der Waals surface area contributed by atoms with Crippen molar-refractivity contribution in [2.45, 2.75) is 18.7 Å². The van der Waals surface area contributed by atoms with Crippen LogP contribution in [0.25, 0.3) is 0 Å². The molecule has 94 valence electrons. The summed E-state index contributed by atoms with van der Waals surface area (Å²) in [6.07, 6.45) is 0.558. The number of alkyl halides is 1. The molecule has 0 aromatic heterocycles. The first-order valence-electron chi connectivity index (χ1n) is 5.71. The molecule has 18 heavy (non-hydrogen) atoms. The predicted octanol–water partition coefficient (Wildman–Crippen LogP) is 5.31. The summed E-state index contributed by atoms with van der Waals surface area (Å²) in [4.78, 5) is 0. The van der Waals surface area contributed by atoms with Crippen LogP contribution < -0.4 is 0 Å². The van der Waals surface area contributed by atoms with Crippen molar-refractivity contribution in [2.75, 3.05) is 0 Å². The van der Waals surface area contributed by atoms with Crippen molar-refractivity contribution in [2.24, 2.45) is 0 Å². The Kier molecular flexibility index (Phi) is 4.26. The number of aryl methyl sites for hydroxylation is 1. The lowest BCUT2D eigenvalue weighted by Gasteiger charge is -2.12. The second-order valence-electron chi connectivity index (χ2n) is 4.33. The molecule has 0 spiro atoms. The predicted molar refractivity (Wildman–Crippen MR) is 74.9 cm³/mol. The first kappa shape index (κ1) is 13.4. The molecule has 3 heteroatoms. The minimum absolute atomic E-state index is 0.244. The highest BCUT2D eigenvalue weighted by Crippen LogP contribution is 2.31. The van der Waals surface area contributed by atoms with Gasteiger partial charge in [0.25, 0.3) is 0 Å². The summed E-state index contributed by atoms with van der Waals surface area (Å²) >= 11 is 12.5. The zero-order valence-electron chi connectivity index (χ0n) is 9.96. The normalized spacial score (nSPS) is 12.4. The van der Waals surface area contributed by atoms with Gasteiger partial charge < -0.3 is 0 Å². The Labute approximate surface area is 116 Å². The van der Waals surface area contributed by atoms with Gasteiger partial charge in [-0.05, 0) is 48.2 Å². The van der Waals surface area contributed by atoms with Gasteiger partial charge in [0.2, 0.25) is 0 Å². The molecule has 0 fully saturated rings. The molecule has 2 aromatic rings. The van der Waals surface area contributed by atoms with Crippen molar-refractivity contribution in [1.29, 1.82) is 0 Å². The van der Waals surface area contributed by atoms with E-state index in [4.69, 9.17) is 23.2 Å². The summed E-state index contributed by atoms with van der Waals surface area (Å²) in [5.74, 6) is -0.244. The Morgan fingerprint density at radius 2 is 1.94 bits per heavy atom. The molecule has 0 aliphatic rings. The Balaban J connectivity index is 2.19. The lowest BCUT2D eigenvalue weighted by atomic mass is 10.0. The van der Waals surface area contributed by atoms with Crippen molar-refractivity contribution in [3.05, 3.63) is 70.0 Å². The Morgan fingerprint density at radius 3 is 2.61 bits per heavy atom. The van der Waals surface area contributed by atoms with Gasteiger partial charge >= 0.3 is 0 Å². The SMILES string of the molecule is Cc1ccc(C(Cl)Cc2cccc(F)c2)c(Cl)c1. The second-order valence-corrected chi connectivity index (χ2v) is 5.26. The van der Waals surface area contributed by atoms with E-state index in [1.165, 1.54) is 12.1 Å². The molecule has 0 radical (unpaired) electrons. The van der Waals surface area contributed by atoms with Crippen molar-refractivity contribution < 1.29 is 4.39 Å². The van der Waals surface area contributed by atoms with Crippen LogP contribution in [0.1, 0.15) is 22.1 Å². The van der Waals surface area contributed by atoms with E-state index in [2.05, 4.69) is 0 Å². The molecule has 2 rings (SSSR count). The van der Waals surface area contributed by atoms with Crippen molar-refractivity contribution >= 4 is 23.2 Å². The first-order valence-corrected chi connectivity index (χ1v) is 6.52. The maximum atomic E-state index is 13.1. The molecule has 0 saturated carbocycles. The summed E-state index contributed by atoms with van der Waals surface area (Å²) in [7, 11) is 0. The summed E-state index contributed by atoms with van der Waals surface area (Å²) in [5, 5.41) is 0.409. The van der Waals surface area contributed by atoms with Gasteiger partial charge in [0.05, 0.1) is 5.38 Å². The van der Waals surface area contributed by atoms with Crippen LogP contribution in [-0.2, 0) is 6.42 Å². The van der Waals surface area contributed by atoms with Crippen molar-refractivity contribution in [3.8, 4) is 0 Å². The molecule has 0 bridgehead atoms. The van der Waals surface area contributed by atoms with Crippen LogP contribution >= 0.6 is 23.2 Å². The molecule has 0 aliphatic heterocycles. The molecule has 1 unspecified atom stereocenters. The van der Waals surface area contributed by atoms with E-state index in [1.807, 2.05) is 31.2 Å². The Hall–Kier alpha value is -1.05. The van der Waals surface area contributed by atoms with Crippen molar-refractivity contribution in [1.82, 2.24) is 0 Å². The van der Waals surface area contributed by atoms with Gasteiger partial charge in [-0.3, -0.25) is 0 Å². The molecular formula is C15H13Cl2F. The summed E-state index contributed by atoms with van der Waals surface area (Å²) < 4.78 is 13.1. The van der Waals surface area contributed by atoms with Gasteiger partial charge in [0.1, 0.15) is 5.82 Å². The topological polar surface area (TPSA) is 0 Å². The maximum Gasteiger partial charge on any atom is 0.123 e. The van der Waals surface area contributed by atoms with Gasteiger partial charge in [0, 0.05) is 5.02 Å². The molecule has 0 aliphatic carbocycles. The lowest BCUT2D eigenvalue weighted by molar-refractivity contribution is 0.625. The quantitative estimate of drug-likeness (QED) is 0.669. The van der Waals surface area contributed by atoms with Crippen LogP contribution in [0.2, 0.25) is 5.02 Å². The Morgan fingerprint density at radius 1 is 1.17 bits per heavy atom. The molecule has 2 aromatic carbocycles. The zero-order valence-corrected chi connectivity index (χ0v) is 11.5. The first-order chi connectivity index (χ1) is 8.56. The van der Waals surface area contributed by atoms with Crippen LogP contribution in [-0.4, -0.2) is 0 Å². The number of rotatable bonds is 3. The molecule has 0 heterocycles. The van der Waals surface area contributed by atoms with Crippen LogP contribution in [0.15, 0.2) is 42.5 Å². The molecule has 0 N–H and O–H groups in total. The number of hydrogen-bond acceptors (Lipinski definition) is 0. The lowest BCUT2D eigenvalue weighted by Crippen LogP contribution is -1.97. The third-order valence-corrected chi connectivity index (χ3v) is 3.51. The largest absolute Gasteiger partial charge is 0.207 e. The van der Waals surface area contributed by atoms with E-state index in [9.17, 15) is 4.39 Å². The number of benzene rings is 2. The van der Waals surface area contributed by atoms with Crippen LogP contribution in [0.4, 0.5) is 4.39 Å². The summed E-state index contributed by atoms with van der Waals surface area (Å²) in [6.45, 7) is 1.98. The molecule has 0 saturated heterocycles. The molecular weight excluding hydrogens is 270 g/mol. The average Bonchev–Trinajstić information content (AvgIpc) is 2.28. The third kappa shape index (κ3) is 3.24. The van der Waals surface area contributed by atoms with Crippen LogP contribution in [0, 0.1) is 12.7 Å². The highest BCUT2D eigenvalue weighted by atomic mass is 35.5. The van der Waals surface area contributed by atoms with E-state index in [1.54, 1.807) is 6.07 Å². The molecule has 0 amide bonds. The summed E-state index contributed by atoms with van der Waals surface area (Å²) in [5.41, 5.74) is 2.85. The fourth-order valence-electron chi connectivity index (χ4n) is 1.87. The second kappa shape index (κ2) is 5.73. The number of hydrogen-bond donors (Lipinski definition) is 0.